The molecular formula is C12H14O2. The van der Waals surface area contributed by atoms with E-state index in [1.54, 1.807) is 6.07 Å². The number of hydrogen-bond acceptors (Lipinski definition) is 2. The Labute approximate surface area is 83.9 Å². The van der Waals surface area contributed by atoms with Gasteiger partial charge < -0.3 is 0 Å². The fourth-order valence-electron chi connectivity index (χ4n) is 1.45. The van der Waals surface area contributed by atoms with Gasteiger partial charge in [0, 0.05) is 5.56 Å². The van der Waals surface area contributed by atoms with Gasteiger partial charge in [-0.3, -0.25) is 9.59 Å². The number of carbonyl (C=O) groups excluding carboxylic acids is 2. The van der Waals surface area contributed by atoms with Crippen molar-refractivity contribution in [2.24, 2.45) is 0 Å². The summed E-state index contributed by atoms with van der Waals surface area (Å²) in [4.78, 5) is 22.4. The van der Waals surface area contributed by atoms with Gasteiger partial charge in [0.2, 0.25) is 0 Å². The molecule has 0 aliphatic heterocycles. The van der Waals surface area contributed by atoms with E-state index in [-0.39, 0.29) is 18.0 Å². The topological polar surface area (TPSA) is 34.1 Å². The van der Waals surface area contributed by atoms with Crippen molar-refractivity contribution < 1.29 is 9.59 Å². The van der Waals surface area contributed by atoms with Crippen LogP contribution in [-0.4, -0.2) is 11.6 Å². The summed E-state index contributed by atoms with van der Waals surface area (Å²) in [5, 5.41) is 0. The molecule has 0 heterocycles. The van der Waals surface area contributed by atoms with Crippen LogP contribution in [-0.2, 0) is 4.79 Å². The van der Waals surface area contributed by atoms with Crippen LogP contribution in [0.15, 0.2) is 18.2 Å². The van der Waals surface area contributed by atoms with E-state index in [9.17, 15) is 9.59 Å². The first-order valence-electron chi connectivity index (χ1n) is 4.60. The van der Waals surface area contributed by atoms with Gasteiger partial charge in [-0.05, 0) is 26.3 Å². The molecule has 0 bridgehead atoms. The average Bonchev–Trinajstić information content (AvgIpc) is 2.01. The molecule has 0 radical (unpaired) electrons. The van der Waals surface area contributed by atoms with Crippen molar-refractivity contribution in [1.29, 1.82) is 0 Å². The first kappa shape index (κ1) is 10.6. The highest BCUT2D eigenvalue weighted by molar-refractivity contribution is 6.08. The Morgan fingerprint density at radius 3 is 2.36 bits per heavy atom. The lowest BCUT2D eigenvalue weighted by atomic mass is 10.00. The standard InChI is InChI=1S/C12H14O2/c1-8-4-5-11(9(2)6-8)12(14)7-10(3)13/h4-6H,7H2,1-3H3. The van der Waals surface area contributed by atoms with Crippen molar-refractivity contribution in [2.45, 2.75) is 27.2 Å². The molecule has 2 heteroatoms. The lowest BCUT2D eigenvalue weighted by Crippen LogP contribution is -2.06. The smallest absolute Gasteiger partial charge is 0.170 e. The number of carbonyl (C=O) groups is 2. The maximum absolute atomic E-state index is 11.6. The van der Waals surface area contributed by atoms with Crippen LogP contribution in [0.1, 0.15) is 34.8 Å². The van der Waals surface area contributed by atoms with E-state index >= 15 is 0 Å². The molecule has 2 nitrogen and oxygen atoms in total. The van der Waals surface area contributed by atoms with Crippen molar-refractivity contribution in [1.82, 2.24) is 0 Å². The zero-order chi connectivity index (χ0) is 10.7. The summed E-state index contributed by atoms with van der Waals surface area (Å²) in [7, 11) is 0. The summed E-state index contributed by atoms with van der Waals surface area (Å²) < 4.78 is 0. The minimum absolute atomic E-state index is 0.00387. The lowest BCUT2D eigenvalue weighted by molar-refractivity contribution is -0.116. The minimum Gasteiger partial charge on any atom is -0.300 e. The van der Waals surface area contributed by atoms with Crippen molar-refractivity contribution in [2.75, 3.05) is 0 Å². The number of ketones is 2. The minimum atomic E-state index is -0.0880. The average molecular weight is 190 g/mol. The Balaban J connectivity index is 2.96. The second kappa shape index (κ2) is 4.18. The predicted molar refractivity (Wildman–Crippen MR) is 55.5 cm³/mol. The summed E-state index contributed by atoms with van der Waals surface area (Å²) in [5.41, 5.74) is 2.73. The maximum atomic E-state index is 11.6. The Bertz CT molecular complexity index is 378. The summed E-state index contributed by atoms with van der Waals surface area (Å²) in [6.07, 6.45) is 0.00387. The zero-order valence-electron chi connectivity index (χ0n) is 8.76. The van der Waals surface area contributed by atoms with Crippen LogP contribution in [0.5, 0.6) is 0 Å². The fourth-order valence-corrected chi connectivity index (χ4v) is 1.45. The number of aryl methyl sites for hydroxylation is 2. The van der Waals surface area contributed by atoms with E-state index in [4.69, 9.17) is 0 Å². The van der Waals surface area contributed by atoms with Crippen LogP contribution >= 0.6 is 0 Å². The molecule has 1 aromatic rings. The molecule has 14 heavy (non-hydrogen) atoms. The predicted octanol–water partition coefficient (Wildman–Crippen LogP) is 2.47. The van der Waals surface area contributed by atoms with Gasteiger partial charge in [-0.1, -0.05) is 23.8 Å². The molecular weight excluding hydrogens is 176 g/mol. The molecule has 0 atom stereocenters. The number of Topliss-reactive ketones (excluding diaryl/α,β-unsaturated/α-hetero) is 2. The van der Waals surface area contributed by atoms with Gasteiger partial charge in [0.1, 0.15) is 5.78 Å². The molecule has 0 fully saturated rings. The van der Waals surface area contributed by atoms with Gasteiger partial charge in [0.25, 0.3) is 0 Å². The molecule has 0 aliphatic rings. The van der Waals surface area contributed by atoms with Crippen LogP contribution in [0.3, 0.4) is 0 Å². The van der Waals surface area contributed by atoms with Gasteiger partial charge >= 0.3 is 0 Å². The number of hydrogen-bond donors (Lipinski definition) is 0. The molecule has 1 rings (SSSR count). The third kappa shape index (κ3) is 2.52. The van der Waals surface area contributed by atoms with Crippen LogP contribution < -0.4 is 0 Å². The van der Waals surface area contributed by atoms with Gasteiger partial charge in [-0.2, -0.15) is 0 Å². The molecule has 0 saturated carbocycles. The molecule has 1 aromatic carbocycles. The Hall–Kier alpha value is -1.44. The number of rotatable bonds is 3. The highest BCUT2D eigenvalue weighted by Crippen LogP contribution is 2.12. The second-order valence-corrected chi connectivity index (χ2v) is 3.62. The summed E-state index contributed by atoms with van der Waals surface area (Å²) in [6.45, 7) is 5.30. The first-order valence-corrected chi connectivity index (χ1v) is 4.60. The van der Waals surface area contributed by atoms with E-state index in [0.717, 1.165) is 11.1 Å². The first-order chi connectivity index (χ1) is 6.50. The van der Waals surface area contributed by atoms with Gasteiger partial charge in [-0.25, -0.2) is 0 Å². The Kier molecular flexibility index (Phi) is 3.18. The van der Waals surface area contributed by atoms with Crippen LogP contribution in [0.2, 0.25) is 0 Å². The molecule has 0 saturated heterocycles. The fraction of sp³-hybridized carbons (Fsp3) is 0.333. The highest BCUT2D eigenvalue weighted by atomic mass is 16.1. The van der Waals surface area contributed by atoms with Gasteiger partial charge in [-0.15, -0.1) is 0 Å². The largest absolute Gasteiger partial charge is 0.300 e. The van der Waals surface area contributed by atoms with E-state index in [2.05, 4.69) is 0 Å². The monoisotopic (exact) mass is 190 g/mol. The highest BCUT2D eigenvalue weighted by Gasteiger charge is 2.10. The Morgan fingerprint density at radius 2 is 1.86 bits per heavy atom. The van der Waals surface area contributed by atoms with Gasteiger partial charge in [0.05, 0.1) is 6.42 Å². The van der Waals surface area contributed by atoms with Gasteiger partial charge in [0.15, 0.2) is 5.78 Å². The summed E-state index contributed by atoms with van der Waals surface area (Å²) in [5.74, 6) is -0.176. The quantitative estimate of drug-likeness (QED) is 0.542. The summed E-state index contributed by atoms with van der Waals surface area (Å²) >= 11 is 0. The third-order valence-corrected chi connectivity index (χ3v) is 2.09. The van der Waals surface area contributed by atoms with Crippen LogP contribution in [0.4, 0.5) is 0 Å². The van der Waals surface area contributed by atoms with Crippen molar-refractivity contribution in [3.05, 3.63) is 34.9 Å². The van der Waals surface area contributed by atoms with E-state index < -0.39 is 0 Å². The molecule has 0 aliphatic carbocycles. The van der Waals surface area contributed by atoms with E-state index in [0.29, 0.717) is 5.56 Å². The maximum Gasteiger partial charge on any atom is 0.170 e. The molecule has 0 spiro atoms. The van der Waals surface area contributed by atoms with Crippen molar-refractivity contribution >= 4 is 11.6 Å². The third-order valence-electron chi connectivity index (χ3n) is 2.09. The summed E-state index contributed by atoms with van der Waals surface area (Å²) in [6, 6.07) is 5.63. The van der Waals surface area contributed by atoms with E-state index in [1.165, 1.54) is 6.92 Å². The van der Waals surface area contributed by atoms with Crippen LogP contribution in [0, 0.1) is 13.8 Å². The normalized spacial score (nSPS) is 9.93. The molecule has 0 aromatic heterocycles. The Morgan fingerprint density at radius 1 is 1.21 bits per heavy atom. The molecule has 0 amide bonds. The molecule has 74 valence electrons. The number of benzene rings is 1. The molecule has 0 N–H and O–H groups in total. The van der Waals surface area contributed by atoms with E-state index in [1.807, 2.05) is 26.0 Å². The van der Waals surface area contributed by atoms with Crippen molar-refractivity contribution in [3.8, 4) is 0 Å². The zero-order valence-corrected chi connectivity index (χ0v) is 8.76. The van der Waals surface area contributed by atoms with Crippen molar-refractivity contribution in [3.63, 3.8) is 0 Å². The second-order valence-electron chi connectivity index (χ2n) is 3.62. The molecule has 0 unspecified atom stereocenters. The SMILES string of the molecule is CC(=O)CC(=O)c1ccc(C)cc1C. The lowest BCUT2D eigenvalue weighted by Gasteiger charge is -2.04. The van der Waals surface area contributed by atoms with Crippen LogP contribution in [0.25, 0.3) is 0 Å².